The molecule has 5 nitrogen and oxygen atoms in total. The van der Waals surface area contributed by atoms with Crippen LogP contribution in [0.2, 0.25) is 10.2 Å². The molecule has 0 aromatic carbocycles. The van der Waals surface area contributed by atoms with Gasteiger partial charge in [0, 0.05) is 23.5 Å². The number of halogens is 6. The topological polar surface area (TPSA) is 55.3 Å². The van der Waals surface area contributed by atoms with Gasteiger partial charge in [-0.2, -0.15) is 8.78 Å². The molecular formula is C17H13Cl2F4N3O2. The molecule has 0 saturated heterocycles. The normalized spacial score (nSPS) is 15.1. The summed E-state index contributed by atoms with van der Waals surface area (Å²) >= 11 is 12.0. The minimum absolute atomic E-state index is 0.140. The van der Waals surface area contributed by atoms with E-state index < -0.39 is 30.9 Å². The second-order valence-electron chi connectivity index (χ2n) is 6.14. The Morgan fingerprint density at radius 1 is 1.32 bits per heavy atom. The highest BCUT2D eigenvalue weighted by Gasteiger charge is 2.42. The number of carbonyl (C=O) groups excluding carboxylic acids is 1. The Labute approximate surface area is 167 Å². The van der Waals surface area contributed by atoms with Crippen molar-refractivity contribution in [2.45, 2.75) is 31.9 Å². The van der Waals surface area contributed by atoms with Gasteiger partial charge in [0.05, 0.1) is 12.6 Å². The minimum Gasteiger partial charge on any atom is -0.470 e. The van der Waals surface area contributed by atoms with Crippen LogP contribution in [0.5, 0.6) is 5.88 Å². The Kier molecular flexibility index (Phi) is 5.67. The van der Waals surface area contributed by atoms with Gasteiger partial charge < -0.3 is 9.64 Å². The lowest BCUT2D eigenvalue weighted by Gasteiger charge is -2.25. The number of fused-ring (bicyclic) bond motifs is 1. The molecule has 1 unspecified atom stereocenters. The van der Waals surface area contributed by atoms with Gasteiger partial charge in [-0.15, -0.1) is 0 Å². The molecule has 2 aromatic heterocycles. The molecule has 3 heterocycles. The van der Waals surface area contributed by atoms with Gasteiger partial charge in [0.25, 0.3) is 5.91 Å². The fraction of sp³-hybridized carbons (Fsp3) is 0.353. The molecule has 0 aliphatic carbocycles. The fourth-order valence-electron chi connectivity index (χ4n) is 2.71. The van der Waals surface area contributed by atoms with E-state index in [1.807, 2.05) is 0 Å². The van der Waals surface area contributed by atoms with Crippen molar-refractivity contribution in [1.82, 2.24) is 14.9 Å². The second-order valence-corrected chi connectivity index (χ2v) is 6.91. The summed E-state index contributed by atoms with van der Waals surface area (Å²) in [5.74, 6) is -4.97. The third-order valence-electron chi connectivity index (χ3n) is 4.32. The molecule has 3 rings (SSSR count). The number of nitrogens with zero attached hydrogens (tertiary/aromatic N) is 3. The first-order valence-corrected chi connectivity index (χ1v) is 8.76. The first-order chi connectivity index (χ1) is 13.1. The molecule has 0 radical (unpaired) electrons. The van der Waals surface area contributed by atoms with Crippen LogP contribution in [0.3, 0.4) is 0 Å². The lowest BCUT2D eigenvalue weighted by atomic mass is 10.1. The standard InChI is InChI=1S/C17H13Cl2F4N3O2/c1-8(26-6-11-10(15(26)27)2-3-24-13(11)19)9-4-12(18)14(25-5-9)28-7-17(22,23)16(20)21/h2-5,8,16H,6-7H2,1H3. The van der Waals surface area contributed by atoms with E-state index in [9.17, 15) is 22.4 Å². The predicted octanol–water partition coefficient (Wildman–Crippen LogP) is 4.78. The maximum absolute atomic E-state index is 13.0. The fourth-order valence-corrected chi connectivity index (χ4v) is 3.16. The number of ether oxygens (including phenoxy) is 1. The van der Waals surface area contributed by atoms with E-state index in [4.69, 9.17) is 23.2 Å². The third-order valence-corrected chi connectivity index (χ3v) is 4.92. The summed E-state index contributed by atoms with van der Waals surface area (Å²) in [4.78, 5) is 21.9. The zero-order valence-electron chi connectivity index (χ0n) is 14.3. The SMILES string of the molecule is CC(c1cnc(OCC(F)(F)C(F)F)c(Cl)c1)N1Cc2c(ccnc2Cl)C1=O. The van der Waals surface area contributed by atoms with Gasteiger partial charge in [-0.3, -0.25) is 4.79 Å². The highest BCUT2D eigenvalue weighted by Crippen LogP contribution is 2.35. The van der Waals surface area contributed by atoms with E-state index in [1.54, 1.807) is 13.0 Å². The number of amides is 1. The van der Waals surface area contributed by atoms with Crippen LogP contribution >= 0.6 is 23.2 Å². The molecule has 1 atom stereocenters. The Balaban J connectivity index is 1.76. The quantitative estimate of drug-likeness (QED) is 0.481. The molecule has 2 aromatic rings. The number of alkyl halides is 4. The smallest absolute Gasteiger partial charge is 0.340 e. The first kappa shape index (κ1) is 20.6. The van der Waals surface area contributed by atoms with Gasteiger partial charge in [0.15, 0.2) is 6.61 Å². The van der Waals surface area contributed by atoms with Gasteiger partial charge in [-0.05, 0) is 24.6 Å². The first-order valence-electron chi connectivity index (χ1n) is 8.00. The van der Waals surface area contributed by atoms with E-state index >= 15 is 0 Å². The zero-order chi connectivity index (χ0) is 20.6. The predicted molar refractivity (Wildman–Crippen MR) is 93.2 cm³/mol. The summed E-state index contributed by atoms with van der Waals surface area (Å²) in [5.41, 5.74) is 1.55. The van der Waals surface area contributed by atoms with Crippen LogP contribution in [-0.2, 0) is 6.54 Å². The maximum atomic E-state index is 13.0. The zero-order valence-corrected chi connectivity index (χ0v) is 15.8. The molecule has 1 amide bonds. The number of carbonyl (C=O) groups is 1. The Morgan fingerprint density at radius 2 is 2.04 bits per heavy atom. The van der Waals surface area contributed by atoms with Gasteiger partial charge >= 0.3 is 12.3 Å². The number of hydrogen-bond donors (Lipinski definition) is 0. The van der Waals surface area contributed by atoms with E-state index in [0.717, 1.165) is 0 Å². The molecule has 28 heavy (non-hydrogen) atoms. The van der Waals surface area contributed by atoms with Crippen LogP contribution in [0.25, 0.3) is 0 Å². The lowest BCUT2D eigenvalue weighted by Crippen LogP contribution is -2.34. The third kappa shape index (κ3) is 3.86. The molecule has 0 saturated carbocycles. The summed E-state index contributed by atoms with van der Waals surface area (Å²) in [6, 6.07) is 2.48. The van der Waals surface area contributed by atoms with Crippen LogP contribution in [0.15, 0.2) is 24.5 Å². The van der Waals surface area contributed by atoms with E-state index in [0.29, 0.717) is 16.7 Å². The average molecular weight is 438 g/mol. The number of aromatic nitrogens is 2. The summed E-state index contributed by atoms with van der Waals surface area (Å²) in [5, 5.41) is 0.0960. The largest absolute Gasteiger partial charge is 0.470 e. The van der Waals surface area contributed by atoms with Crippen molar-refractivity contribution in [3.05, 3.63) is 51.4 Å². The van der Waals surface area contributed by atoms with Crippen molar-refractivity contribution in [2.24, 2.45) is 0 Å². The highest BCUT2D eigenvalue weighted by atomic mass is 35.5. The average Bonchev–Trinajstić information content (AvgIpc) is 2.98. The Bertz CT molecular complexity index is 914. The van der Waals surface area contributed by atoms with E-state index in [-0.39, 0.29) is 22.6 Å². The number of hydrogen-bond acceptors (Lipinski definition) is 4. The van der Waals surface area contributed by atoms with Gasteiger partial charge in [-0.1, -0.05) is 23.2 Å². The van der Waals surface area contributed by atoms with Gasteiger partial charge in [-0.25, -0.2) is 18.7 Å². The van der Waals surface area contributed by atoms with Crippen molar-refractivity contribution in [1.29, 1.82) is 0 Å². The molecule has 0 spiro atoms. The van der Waals surface area contributed by atoms with E-state index in [1.165, 1.54) is 23.4 Å². The van der Waals surface area contributed by atoms with Crippen molar-refractivity contribution < 1.29 is 27.1 Å². The second kappa shape index (κ2) is 7.71. The van der Waals surface area contributed by atoms with Crippen molar-refractivity contribution in [3.8, 4) is 5.88 Å². The molecule has 1 aliphatic rings. The molecule has 0 N–H and O–H groups in total. The monoisotopic (exact) mass is 437 g/mol. The van der Waals surface area contributed by atoms with Gasteiger partial charge in [0.1, 0.15) is 10.2 Å². The van der Waals surface area contributed by atoms with Crippen LogP contribution in [0, 0.1) is 0 Å². The Morgan fingerprint density at radius 3 is 2.64 bits per heavy atom. The molecule has 11 heteroatoms. The van der Waals surface area contributed by atoms with E-state index in [2.05, 4.69) is 14.7 Å². The molecule has 0 bridgehead atoms. The summed E-state index contributed by atoms with van der Waals surface area (Å²) in [6.07, 6.45) is -1.15. The van der Waals surface area contributed by atoms with Crippen LogP contribution < -0.4 is 4.74 Å². The minimum atomic E-state index is -4.32. The Hall–Kier alpha value is -2.13. The van der Waals surface area contributed by atoms with Crippen LogP contribution in [-0.4, -0.2) is 39.7 Å². The lowest BCUT2D eigenvalue weighted by molar-refractivity contribution is -0.148. The number of rotatable bonds is 6. The molecule has 1 aliphatic heterocycles. The maximum Gasteiger partial charge on any atom is 0.340 e. The molecule has 150 valence electrons. The van der Waals surface area contributed by atoms with Gasteiger partial charge in [0.2, 0.25) is 5.88 Å². The molecule has 0 fully saturated rings. The van der Waals surface area contributed by atoms with Crippen LogP contribution in [0.4, 0.5) is 17.6 Å². The summed E-state index contributed by atoms with van der Waals surface area (Å²) < 4.78 is 55.0. The number of pyridine rings is 2. The van der Waals surface area contributed by atoms with Crippen LogP contribution in [0.1, 0.15) is 34.5 Å². The van der Waals surface area contributed by atoms with Crippen molar-refractivity contribution in [2.75, 3.05) is 6.61 Å². The summed E-state index contributed by atoms with van der Waals surface area (Å²) in [6.45, 7) is 0.403. The highest BCUT2D eigenvalue weighted by molar-refractivity contribution is 6.32. The van der Waals surface area contributed by atoms with Crippen molar-refractivity contribution in [3.63, 3.8) is 0 Å². The summed E-state index contributed by atoms with van der Waals surface area (Å²) in [7, 11) is 0. The van der Waals surface area contributed by atoms with Crippen molar-refractivity contribution >= 4 is 29.1 Å². The molecular weight excluding hydrogens is 425 g/mol.